The van der Waals surface area contributed by atoms with E-state index in [0.717, 1.165) is 18.8 Å². The molecule has 0 heterocycles. The summed E-state index contributed by atoms with van der Waals surface area (Å²) < 4.78 is 0. The lowest BCUT2D eigenvalue weighted by Crippen LogP contribution is -2.11. The minimum Gasteiger partial charge on any atom is -0.394 e. The van der Waals surface area contributed by atoms with Crippen molar-refractivity contribution in [1.29, 1.82) is 0 Å². The van der Waals surface area contributed by atoms with Gasteiger partial charge in [0.05, 0.1) is 12.7 Å². The van der Waals surface area contributed by atoms with E-state index < -0.39 is 6.10 Å². The van der Waals surface area contributed by atoms with Gasteiger partial charge in [0, 0.05) is 0 Å². The van der Waals surface area contributed by atoms with Crippen molar-refractivity contribution in [3.8, 4) is 0 Å². The maximum Gasteiger partial charge on any atom is 0.0802 e. The molecular formula is C21H43O2. The summed E-state index contributed by atoms with van der Waals surface area (Å²) in [6.45, 7) is 4.50. The number of aliphatic hydroxyl groups excluding tert-OH is 2. The molecule has 139 valence electrons. The molecule has 0 amide bonds. The maximum absolute atomic E-state index is 9.18. The molecule has 2 nitrogen and oxygen atoms in total. The van der Waals surface area contributed by atoms with Crippen LogP contribution in [0.1, 0.15) is 110 Å². The topological polar surface area (TPSA) is 40.5 Å². The van der Waals surface area contributed by atoms with Crippen molar-refractivity contribution < 1.29 is 10.2 Å². The van der Waals surface area contributed by atoms with Gasteiger partial charge in [0.2, 0.25) is 0 Å². The zero-order valence-corrected chi connectivity index (χ0v) is 15.9. The van der Waals surface area contributed by atoms with Crippen LogP contribution in [0.3, 0.4) is 0 Å². The molecule has 0 aromatic heterocycles. The molecule has 0 aliphatic rings. The number of rotatable bonds is 18. The monoisotopic (exact) mass is 327 g/mol. The summed E-state index contributed by atoms with van der Waals surface area (Å²) in [6.07, 6.45) is 21.4. The van der Waals surface area contributed by atoms with Crippen molar-refractivity contribution in [2.45, 2.75) is 116 Å². The molecule has 23 heavy (non-hydrogen) atoms. The van der Waals surface area contributed by atoms with Gasteiger partial charge in [0.1, 0.15) is 0 Å². The van der Waals surface area contributed by atoms with E-state index in [1.807, 2.05) is 6.42 Å². The molecule has 1 atom stereocenters. The Bertz CT molecular complexity index is 216. The average molecular weight is 328 g/mol. The van der Waals surface area contributed by atoms with Gasteiger partial charge < -0.3 is 10.2 Å². The molecule has 0 fully saturated rings. The van der Waals surface area contributed by atoms with Crippen LogP contribution in [0.2, 0.25) is 0 Å². The Morgan fingerprint density at radius 2 is 1.04 bits per heavy atom. The quantitative estimate of drug-likeness (QED) is 0.301. The van der Waals surface area contributed by atoms with Gasteiger partial charge in [-0.15, -0.1) is 0 Å². The summed E-state index contributed by atoms with van der Waals surface area (Å²) in [5, 5.41) is 17.9. The van der Waals surface area contributed by atoms with Gasteiger partial charge in [0.25, 0.3) is 0 Å². The molecule has 0 spiro atoms. The number of hydrogen-bond donors (Lipinski definition) is 2. The highest BCUT2D eigenvalue weighted by Crippen LogP contribution is 2.14. The second-order valence-electron chi connectivity index (χ2n) is 7.55. The van der Waals surface area contributed by atoms with Gasteiger partial charge in [-0.2, -0.15) is 0 Å². The summed E-state index contributed by atoms with van der Waals surface area (Å²) in [5.41, 5.74) is 0. The maximum atomic E-state index is 9.18. The van der Waals surface area contributed by atoms with Crippen LogP contribution in [0.4, 0.5) is 0 Å². The summed E-state index contributed by atoms with van der Waals surface area (Å²) in [5.74, 6) is 0.875. The highest BCUT2D eigenvalue weighted by atomic mass is 16.3. The first-order valence-corrected chi connectivity index (χ1v) is 10.3. The van der Waals surface area contributed by atoms with Gasteiger partial charge >= 0.3 is 0 Å². The lowest BCUT2D eigenvalue weighted by atomic mass is 10.0. The minimum absolute atomic E-state index is 0.141. The summed E-state index contributed by atoms with van der Waals surface area (Å²) >= 11 is 0. The predicted molar refractivity (Wildman–Crippen MR) is 101 cm³/mol. The van der Waals surface area contributed by atoms with Crippen molar-refractivity contribution in [3.05, 3.63) is 6.42 Å². The molecule has 0 aliphatic heterocycles. The van der Waals surface area contributed by atoms with Crippen LogP contribution in [0.25, 0.3) is 0 Å². The average Bonchev–Trinajstić information content (AvgIpc) is 2.53. The minimum atomic E-state index is -0.620. The Hall–Kier alpha value is -0.0800. The molecule has 0 bridgehead atoms. The van der Waals surface area contributed by atoms with E-state index >= 15 is 0 Å². The Labute approximate surface area is 146 Å². The summed E-state index contributed by atoms with van der Waals surface area (Å²) in [6, 6.07) is 0. The highest BCUT2D eigenvalue weighted by Gasteiger charge is 2.01. The van der Waals surface area contributed by atoms with Gasteiger partial charge in [-0.25, -0.2) is 0 Å². The summed E-state index contributed by atoms with van der Waals surface area (Å²) in [4.78, 5) is 0. The van der Waals surface area contributed by atoms with E-state index in [4.69, 9.17) is 5.11 Å². The fourth-order valence-electron chi connectivity index (χ4n) is 3.03. The lowest BCUT2D eigenvalue weighted by molar-refractivity contribution is 0.116. The molecule has 0 rings (SSSR count). The number of aliphatic hydroxyl groups is 2. The largest absolute Gasteiger partial charge is 0.394 e. The van der Waals surface area contributed by atoms with Crippen molar-refractivity contribution in [3.63, 3.8) is 0 Å². The Balaban J connectivity index is 3.00. The zero-order chi connectivity index (χ0) is 17.2. The van der Waals surface area contributed by atoms with E-state index in [9.17, 15) is 5.11 Å². The van der Waals surface area contributed by atoms with Gasteiger partial charge in [-0.1, -0.05) is 104 Å². The molecule has 0 aromatic carbocycles. The SMILES string of the molecule is CC(C)CCCCCCCCCCCCCCC[CH]C(O)CO. The van der Waals surface area contributed by atoms with Gasteiger partial charge in [0.15, 0.2) is 0 Å². The van der Waals surface area contributed by atoms with E-state index in [2.05, 4.69) is 13.8 Å². The standard InChI is InChI=1S/C21H43O2/c1-20(2)17-15-13-11-9-7-5-3-4-6-8-10-12-14-16-18-21(23)19-22/h18,20-23H,3-17,19H2,1-2H3. The van der Waals surface area contributed by atoms with Crippen LogP contribution in [0.5, 0.6) is 0 Å². The molecule has 1 radical (unpaired) electrons. The Morgan fingerprint density at radius 3 is 1.43 bits per heavy atom. The van der Waals surface area contributed by atoms with E-state index in [1.54, 1.807) is 0 Å². The molecule has 0 aromatic rings. The molecular weight excluding hydrogens is 284 g/mol. The molecule has 0 saturated heterocycles. The predicted octanol–water partition coefficient (Wildman–Crippen LogP) is 6.05. The van der Waals surface area contributed by atoms with Crippen LogP contribution >= 0.6 is 0 Å². The van der Waals surface area contributed by atoms with Crippen LogP contribution in [0, 0.1) is 12.3 Å². The Morgan fingerprint density at radius 1 is 0.652 bits per heavy atom. The molecule has 2 heteroatoms. The van der Waals surface area contributed by atoms with Gasteiger partial charge in [-0.3, -0.25) is 0 Å². The van der Waals surface area contributed by atoms with E-state index in [1.165, 1.54) is 83.5 Å². The second kappa shape index (κ2) is 18.3. The number of unbranched alkanes of at least 4 members (excludes halogenated alkanes) is 13. The van der Waals surface area contributed by atoms with Gasteiger partial charge in [-0.05, 0) is 18.8 Å². The third-order valence-corrected chi connectivity index (χ3v) is 4.61. The van der Waals surface area contributed by atoms with Crippen molar-refractivity contribution in [2.75, 3.05) is 6.61 Å². The van der Waals surface area contributed by atoms with E-state index in [-0.39, 0.29) is 6.61 Å². The van der Waals surface area contributed by atoms with Crippen LogP contribution in [0.15, 0.2) is 0 Å². The summed E-state index contributed by atoms with van der Waals surface area (Å²) in [7, 11) is 0. The molecule has 0 aliphatic carbocycles. The van der Waals surface area contributed by atoms with Crippen LogP contribution in [-0.4, -0.2) is 22.9 Å². The van der Waals surface area contributed by atoms with E-state index in [0.29, 0.717) is 0 Å². The van der Waals surface area contributed by atoms with Crippen molar-refractivity contribution in [2.24, 2.45) is 5.92 Å². The zero-order valence-electron chi connectivity index (χ0n) is 15.9. The molecule has 0 saturated carbocycles. The number of hydrogen-bond acceptors (Lipinski definition) is 2. The second-order valence-corrected chi connectivity index (χ2v) is 7.55. The normalized spacial score (nSPS) is 12.9. The van der Waals surface area contributed by atoms with Crippen LogP contribution < -0.4 is 0 Å². The third-order valence-electron chi connectivity index (χ3n) is 4.61. The Kier molecular flexibility index (Phi) is 18.2. The first kappa shape index (κ1) is 22.9. The fraction of sp³-hybridized carbons (Fsp3) is 0.952. The first-order chi connectivity index (χ1) is 11.2. The highest BCUT2D eigenvalue weighted by molar-refractivity contribution is 4.73. The smallest absolute Gasteiger partial charge is 0.0802 e. The first-order valence-electron chi connectivity index (χ1n) is 10.3. The van der Waals surface area contributed by atoms with Crippen molar-refractivity contribution in [1.82, 2.24) is 0 Å². The molecule has 2 N–H and O–H groups in total. The third kappa shape index (κ3) is 19.9. The lowest BCUT2D eigenvalue weighted by Gasteiger charge is -2.06. The van der Waals surface area contributed by atoms with Crippen LogP contribution in [-0.2, 0) is 0 Å². The fourth-order valence-corrected chi connectivity index (χ4v) is 3.03. The van der Waals surface area contributed by atoms with Crippen molar-refractivity contribution >= 4 is 0 Å². The molecule has 1 unspecified atom stereocenters.